The quantitative estimate of drug-likeness (QED) is 0.0309. The summed E-state index contributed by atoms with van der Waals surface area (Å²) in [5.74, 6) is 6.28. The van der Waals surface area contributed by atoms with Crippen molar-refractivity contribution in [2.45, 2.75) is 69.6 Å². The van der Waals surface area contributed by atoms with Gasteiger partial charge in [-0.1, -0.05) is 35.6 Å². The number of thiol groups is 1. The number of aliphatic imine (C=N–C) groups is 2. The van der Waals surface area contributed by atoms with Crippen LogP contribution in [0.25, 0.3) is 0 Å². The number of nitrogens with one attached hydrogen (secondary N) is 2. The number of fused-ring (bicyclic) bond motifs is 4. The zero-order valence-corrected chi connectivity index (χ0v) is 46.1. The van der Waals surface area contributed by atoms with Crippen molar-refractivity contribution in [2.24, 2.45) is 9.98 Å². The second-order valence-electron chi connectivity index (χ2n) is 19.3. The Morgan fingerprint density at radius 3 is 1.80 bits per heavy atom. The Hall–Kier alpha value is -7.55. The van der Waals surface area contributed by atoms with Crippen LogP contribution in [-0.4, -0.2) is 180 Å². The summed E-state index contributed by atoms with van der Waals surface area (Å²) in [6, 6.07) is 12.2. The first kappa shape index (κ1) is 58.6. The molecule has 0 bridgehead atoms. The molecule has 0 spiro atoms. The molecule has 424 valence electrons. The summed E-state index contributed by atoms with van der Waals surface area (Å²) in [4.78, 5) is 89.8. The molecule has 3 saturated heterocycles. The fourth-order valence-corrected chi connectivity index (χ4v) is 9.76. The number of benzene rings is 3. The third kappa shape index (κ3) is 15.4. The Balaban J connectivity index is 0.787. The van der Waals surface area contributed by atoms with E-state index in [4.69, 9.17) is 42.9 Å². The number of carbonyl (C=O) groups excluding carboxylic acids is 6. The SMILES string of the molecule is C=C1C[C@H]2C=Nc3cc(OCc4cc(C#CCNC(=O)CCOCCOCCOCCOCCNC(=O)CCN5C(=O)CC(S)C5=O)cc(COc5cc6c(cc5OC)C(=O)N5C/C(=C/C)CC5C=N6)c4)c(OC)cc3C(=O)N2C1. The third-order valence-corrected chi connectivity index (χ3v) is 14.1. The maximum Gasteiger partial charge on any atom is 0.257 e. The monoisotopic (exact) mass is 1120 g/mol. The number of rotatable bonds is 27. The lowest BCUT2D eigenvalue weighted by atomic mass is 10.1. The predicted molar refractivity (Wildman–Crippen MR) is 299 cm³/mol. The van der Waals surface area contributed by atoms with E-state index >= 15 is 0 Å². The van der Waals surface area contributed by atoms with Gasteiger partial charge >= 0.3 is 0 Å². The normalized spacial score (nSPS) is 18.6. The molecular weight excluding hydrogens is 1050 g/mol. The van der Waals surface area contributed by atoms with Crippen molar-refractivity contribution in [1.82, 2.24) is 25.3 Å². The predicted octanol–water partition coefficient (Wildman–Crippen LogP) is 4.71. The van der Waals surface area contributed by atoms with Crippen LogP contribution in [0, 0.1) is 11.8 Å². The van der Waals surface area contributed by atoms with Gasteiger partial charge in [0.25, 0.3) is 11.8 Å². The van der Waals surface area contributed by atoms with Gasteiger partial charge in [-0.05, 0) is 61.2 Å². The summed E-state index contributed by atoms with van der Waals surface area (Å²) in [7, 11) is 3.04. The molecule has 3 aromatic rings. The number of amides is 6. The molecule has 5 heterocycles. The van der Waals surface area contributed by atoms with Gasteiger partial charge in [0.15, 0.2) is 23.0 Å². The third-order valence-electron chi connectivity index (χ3n) is 13.7. The Morgan fingerprint density at radius 2 is 1.24 bits per heavy atom. The second kappa shape index (κ2) is 28.5. The van der Waals surface area contributed by atoms with Gasteiger partial charge in [-0.3, -0.25) is 43.7 Å². The average molecular weight is 1120 g/mol. The van der Waals surface area contributed by atoms with Crippen LogP contribution in [0.4, 0.5) is 11.4 Å². The fourth-order valence-electron chi connectivity index (χ4n) is 9.46. The van der Waals surface area contributed by atoms with Crippen LogP contribution >= 0.6 is 12.6 Å². The Bertz CT molecular complexity index is 2990. The highest BCUT2D eigenvalue weighted by Crippen LogP contribution is 2.41. The zero-order chi connectivity index (χ0) is 56.5. The van der Waals surface area contributed by atoms with Crippen LogP contribution in [-0.2, 0) is 51.3 Å². The maximum absolute atomic E-state index is 13.7. The van der Waals surface area contributed by atoms with Crippen molar-refractivity contribution >= 4 is 71.9 Å². The molecule has 0 aliphatic carbocycles. The first-order valence-corrected chi connectivity index (χ1v) is 27.0. The van der Waals surface area contributed by atoms with Crippen LogP contribution in [0.2, 0.25) is 0 Å². The lowest BCUT2D eigenvalue weighted by molar-refractivity contribution is -0.138. The van der Waals surface area contributed by atoms with Gasteiger partial charge in [-0.2, -0.15) is 12.6 Å². The van der Waals surface area contributed by atoms with E-state index in [2.05, 4.69) is 46.7 Å². The zero-order valence-electron chi connectivity index (χ0n) is 45.3. The molecular formula is C58H67N7O14S. The molecule has 6 amide bonds. The summed E-state index contributed by atoms with van der Waals surface area (Å²) in [6.07, 6.45) is 7.23. The standard InChI is InChI=1S/C58H67N7O14S/c1-5-38-25-43-32-62-47-29-51(49(73-4)27-45(47)57(70)65(43)34-38)79-36-41-23-39(22-40(24-41)35-78-50-28-46-44(26-48(50)72-3)56(69)64-33-37(2)21-42(64)31-61-46)7-6-10-59-54(67)9-13-74-15-17-76-19-20-77-18-16-75-14-11-60-53(66)8-12-63-55(68)30-52(80)58(63)71/h5,22-24,26-29,31-32,42-43,52,80H,2,8-21,25,30,33-36H2,1,3-4H3,(H,59,67)(H,60,66)/b38-5+/t42-,43?,52?/m0/s1. The highest BCUT2D eigenvalue weighted by molar-refractivity contribution is 7.81. The van der Waals surface area contributed by atoms with Crippen molar-refractivity contribution in [2.75, 3.05) is 99.8 Å². The van der Waals surface area contributed by atoms with Crippen molar-refractivity contribution in [3.05, 3.63) is 94.1 Å². The first-order chi connectivity index (χ1) is 38.8. The van der Waals surface area contributed by atoms with E-state index in [-0.39, 0.29) is 113 Å². The molecule has 0 saturated carbocycles. The number of ether oxygens (including phenoxy) is 8. The van der Waals surface area contributed by atoms with E-state index in [1.807, 2.05) is 42.3 Å². The van der Waals surface area contributed by atoms with Crippen molar-refractivity contribution in [1.29, 1.82) is 0 Å². The van der Waals surface area contributed by atoms with E-state index < -0.39 is 5.25 Å². The minimum Gasteiger partial charge on any atom is -0.493 e. The van der Waals surface area contributed by atoms with Crippen LogP contribution in [0.1, 0.15) is 76.4 Å². The molecule has 3 aromatic carbocycles. The minimum atomic E-state index is -0.636. The Morgan fingerprint density at radius 1 is 0.688 bits per heavy atom. The number of likely N-dealkylation sites (tertiary alicyclic amines) is 1. The number of imide groups is 1. The van der Waals surface area contributed by atoms with Crippen molar-refractivity contribution < 1.29 is 66.7 Å². The van der Waals surface area contributed by atoms with Gasteiger partial charge < -0.3 is 58.3 Å². The Kier molecular flexibility index (Phi) is 20.9. The molecule has 5 aliphatic heterocycles. The number of allylic oxidation sites excluding steroid dienone is 1. The summed E-state index contributed by atoms with van der Waals surface area (Å²) >= 11 is 4.08. The molecule has 2 unspecified atom stereocenters. The average Bonchev–Trinajstić information content (AvgIpc) is 4.10. The second-order valence-corrected chi connectivity index (χ2v) is 19.9. The lowest BCUT2D eigenvalue weighted by Crippen LogP contribution is -2.36. The van der Waals surface area contributed by atoms with Gasteiger partial charge in [0.2, 0.25) is 23.6 Å². The van der Waals surface area contributed by atoms with Crippen LogP contribution in [0.15, 0.2) is 76.3 Å². The van der Waals surface area contributed by atoms with Gasteiger partial charge in [-0.25, -0.2) is 0 Å². The molecule has 2 N–H and O–H groups in total. The topological polar surface area (TPSA) is 235 Å². The molecule has 22 heteroatoms. The molecule has 80 heavy (non-hydrogen) atoms. The maximum atomic E-state index is 13.7. The van der Waals surface area contributed by atoms with E-state index in [1.165, 1.54) is 19.8 Å². The highest BCUT2D eigenvalue weighted by atomic mass is 32.1. The summed E-state index contributed by atoms with van der Waals surface area (Å²) in [5.41, 5.74) is 6.09. The van der Waals surface area contributed by atoms with Crippen LogP contribution in [0.5, 0.6) is 23.0 Å². The largest absolute Gasteiger partial charge is 0.493 e. The summed E-state index contributed by atoms with van der Waals surface area (Å²) in [5, 5.41) is 4.87. The number of hydrogen-bond donors (Lipinski definition) is 3. The van der Waals surface area contributed by atoms with Gasteiger partial charge in [0.05, 0.1) is 113 Å². The molecule has 3 atom stereocenters. The van der Waals surface area contributed by atoms with E-state index in [0.29, 0.717) is 110 Å². The molecule has 21 nitrogen and oxygen atoms in total. The van der Waals surface area contributed by atoms with Gasteiger partial charge in [0, 0.05) is 75.6 Å². The fraction of sp³-hybridized carbons (Fsp3) is 0.448. The number of methoxy groups -OCH3 is 2. The van der Waals surface area contributed by atoms with Gasteiger partial charge in [0.1, 0.15) is 13.2 Å². The van der Waals surface area contributed by atoms with Crippen molar-refractivity contribution in [3.8, 4) is 34.8 Å². The van der Waals surface area contributed by atoms with Crippen molar-refractivity contribution in [3.63, 3.8) is 0 Å². The molecule has 0 aromatic heterocycles. The smallest absolute Gasteiger partial charge is 0.257 e. The minimum absolute atomic E-state index is 0.0172. The number of hydrogen-bond acceptors (Lipinski definition) is 17. The Labute approximate surface area is 470 Å². The van der Waals surface area contributed by atoms with Crippen LogP contribution < -0.4 is 29.6 Å². The molecule has 5 aliphatic rings. The highest BCUT2D eigenvalue weighted by Gasteiger charge is 2.37. The number of carbonyl (C=O) groups is 6. The van der Waals surface area contributed by atoms with Crippen LogP contribution in [0.3, 0.4) is 0 Å². The summed E-state index contributed by atoms with van der Waals surface area (Å²) in [6.45, 7) is 10.1. The molecule has 3 fully saturated rings. The molecule has 8 rings (SSSR count). The lowest BCUT2D eigenvalue weighted by Gasteiger charge is -2.20. The van der Waals surface area contributed by atoms with E-state index in [9.17, 15) is 28.8 Å². The molecule has 0 radical (unpaired) electrons. The van der Waals surface area contributed by atoms with Gasteiger partial charge in [-0.15, -0.1) is 0 Å². The number of nitrogens with zero attached hydrogens (tertiary/aromatic N) is 5. The summed E-state index contributed by atoms with van der Waals surface area (Å²) < 4.78 is 46.3. The first-order valence-electron chi connectivity index (χ1n) is 26.5. The van der Waals surface area contributed by atoms with E-state index in [1.54, 1.807) is 35.4 Å². The van der Waals surface area contributed by atoms with E-state index in [0.717, 1.165) is 28.0 Å².